The van der Waals surface area contributed by atoms with Crippen molar-refractivity contribution in [2.75, 3.05) is 5.88 Å². The van der Waals surface area contributed by atoms with E-state index in [1.165, 1.54) is 0 Å². The van der Waals surface area contributed by atoms with Gasteiger partial charge < -0.3 is 0 Å². The molecule has 1 aliphatic rings. The summed E-state index contributed by atoms with van der Waals surface area (Å²) in [7, 11) is 0. The fourth-order valence-corrected chi connectivity index (χ4v) is 2.49. The van der Waals surface area contributed by atoms with Crippen molar-refractivity contribution in [2.45, 2.75) is 25.7 Å². The van der Waals surface area contributed by atoms with Gasteiger partial charge >= 0.3 is 0 Å². The Morgan fingerprint density at radius 2 is 2.00 bits per heavy atom. The Morgan fingerprint density at radius 3 is 2.53 bits per heavy atom. The highest BCUT2D eigenvalue weighted by atomic mass is 35.5. The maximum absolute atomic E-state index is 13.4. The predicted molar refractivity (Wildman–Crippen MR) is 57.1 cm³/mol. The molecule has 1 saturated carbocycles. The predicted octanol–water partition coefficient (Wildman–Crippen LogP) is 3.92. The van der Waals surface area contributed by atoms with Crippen LogP contribution >= 0.6 is 11.6 Å². The van der Waals surface area contributed by atoms with Gasteiger partial charge in [-0.05, 0) is 36.3 Å². The molecule has 0 unspecified atom stereocenters. The van der Waals surface area contributed by atoms with Gasteiger partial charge in [0.15, 0.2) is 11.6 Å². The van der Waals surface area contributed by atoms with E-state index in [4.69, 9.17) is 11.6 Å². The summed E-state index contributed by atoms with van der Waals surface area (Å²) in [6.45, 7) is 0. The maximum Gasteiger partial charge on any atom is 0.162 e. The lowest BCUT2D eigenvalue weighted by atomic mass is 9.67. The summed E-state index contributed by atoms with van der Waals surface area (Å²) in [5.74, 6) is -0.950. The van der Waals surface area contributed by atoms with E-state index in [0.717, 1.165) is 25.3 Å². The monoisotopic (exact) mass is 230 g/mol. The van der Waals surface area contributed by atoms with E-state index in [-0.39, 0.29) is 5.41 Å². The third-order valence-electron chi connectivity index (χ3n) is 3.29. The standard InChI is InChI=1S/C12H13ClF2/c13-8-12(5-2-6-12)7-9-3-1-4-10(14)11(9)15/h1,3-4H,2,5-8H2. The summed E-state index contributed by atoms with van der Waals surface area (Å²) in [5.41, 5.74) is 0.464. The van der Waals surface area contributed by atoms with Crippen LogP contribution in [0.25, 0.3) is 0 Å². The Kier molecular flexibility index (Phi) is 2.96. The molecule has 1 aromatic carbocycles. The summed E-state index contributed by atoms with van der Waals surface area (Å²) in [5, 5.41) is 0. The van der Waals surface area contributed by atoms with Gasteiger partial charge in [-0.25, -0.2) is 8.78 Å². The van der Waals surface area contributed by atoms with Crippen molar-refractivity contribution in [3.63, 3.8) is 0 Å². The van der Waals surface area contributed by atoms with Gasteiger partial charge in [-0.2, -0.15) is 0 Å². The average Bonchev–Trinajstić information content (AvgIpc) is 2.18. The Bertz CT molecular complexity index is 353. The summed E-state index contributed by atoms with van der Waals surface area (Å²) in [6, 6.07) is 4.34. The molecule has 0 atom stereocenters. The van der Waals surface area contributed by atoms with Crippen LogP contribution in [0.3, 0.4) is 0 Å². The van der Waals surface area contributed by atoms with Crippen molar-refractivity contribution in [2.24, 2.45) is 5.41 Å². The second-order valence-electron chi connectivity index (χ2n) is 4.38. The average molecular weight is 231 g/mol. The van der Waals surface area contributed by atoms with Crippen LogP contribution in [0.2, 0.25) is 0 Å². The first-order valence-corrected chi connectivity index (χ1v) is 5.69. The largest absolute Gasteiger partial charge is 0.204 e. The van der Waals surface area contributed by atoms with E-state index >= 15 is 0 Å². The van der Waals surface area contributed by atoms with Gasteiger partial charge in [0.25, 0.3) is 0 Å². The lowest BCUT2D eigenvalue weighted by Crippen LogP contribution is -2.33. The Balaban J connectivity index is 2.20. The molecule has 0 radical (unpaired) electrons. The molecule has 0 amide bonds. The number of rotatable bonds is 3. The van der Waals surface area contributed by atoms with Gasteiger partial charge in [0.05, 0.1) is 0 Å². The van der Waals surface area contributed by atoms with Crippen molar-refractivity contribution in [3.05, 3.63) is 35.4 Å². The Morgan fingerprint density at radius 1 is 1.27 bits per heavy atom. The fourth-order valence-electron chi connectivity index (χ4n) is 2.12. The molecule has 0 N–H and O–H groups in total. The van der Waals surface area contributed by atoms with Gasteiger partial charge in [0.2, 0.25) is 0 Å². The molecule has 0 nitrogen and oxygen atoms in total. The SMILES string of the molecule is Fc1cccc(CC2(CCl)CCC2)c1F. The van der Waals surface area contributed by atoms with E-state index < -0.39 is 11.6 Å². The first-order chi connectivity index (χ1) is 7.17. The molecule has 0 spiro atoms. The van der Waals surface area contributed by atoms with Gasteiger partial charge in [-0.15, -0.1) is 11.6 Å². The number of halogens is 3. The quantitative estimate of drug-likeness (QED) is 0.691. The molecular weight excluding hydrogens is 218 g/mol. The number of benzene rings is 1. The van der Waals surface area contributed by atoms with Crippen LogP contribution in [-0.2, 0) is 6.42 Å². The fraction of sp³-hybridized carbons (Fsp3) is 0.500. The molecule has 15 heavy (non-hydrogen) atoms. The lowest BCUT2D eigenvalue weighted by Gasteiger charge is -2.40. The van der Waals surface area contributed by atoms with Crippen molar-refractivity contribution in [3.8, 4) is 0 Å². The van der Waals surface area contributed by atoms with Gasteiger partial charge in [0.1, 0.15) is 0 Å². The third-order valence-corrected chi connectivity index (χ3v) is 3.86. The van der Waals surface area contributed by atoms with Crippen LogP contribution in [0.15, 0.2) is 18.2 Å². The second kappa shape index (κ2) is 4.09. The molecule has 1 fully saturated rings. The second-order valence-corrected chi connectivity index (χ2v) is 4.64. The number of hydrogen-bond acceptors (Lipinski definition) is 0. The maximum atomic E-state index is 13.4. The molecule has 0 aliphatic heterocycles. The Hall–Kier alpha value is -0.630. The van der Waals surface area contributed by atoms with E-state index in [2.05, 4.69) is 0 Å². The smallest absolute Gasteiger partial charge is 0.162 e. The summed E-state index contributed by atoms with van der Waals surface area (Å²) in [4.78, 5) is 0. The van der Waals surface area contributed by atoms with Gasteiger partial charge in [-0.3, -0.25) is 0 Å². The lowest BCUT2D eigenvalue weighted by molar-refractivity contribution is 0.164. The zero-order valence-electron chi connectivity index (χ0n) is 8.40. The minimum Gasteiger partial charge on any atom is -0.204 e. The highest BCUT2D eigenvalue weighted by Gasteiger charge is 2.36. The third kappa shape index (κ3) is 2.00. The molecular formula is C12H13ClF2. The molecule has 0 aromatic heterocycles. The molecule has 1 aromatic rings. The van der Waals surface area contributed by atoms with E-state index in [1.807, 2.05) is 0 Å². The zero-order valence-corrected chi connectivity index (χ0v) is 9.16. The highest BCUT2D eigenvalue weighted by molar-refractivity contribution is 6.18. The number of hydrogen-bond donors (Lipinski definition) is 0. The van der Waals surface area contributed by atoms with Crippen molar-refractivity contribution < 1.29 is 8.78 Å². The van der Waals surface area contributed by atoms with Gasteiger partial charge in [-0.1, -0.05) is 18.6 Å². The first-order valence-electron chi connectivity index (χ1n) is 5.16. The summed E-state index contributed by atoms with van der Waals surface area (Å²) in [6.07, 6.45) is 3.74. The normalized spacial score (nSPS) is 18.6. The summed E-state index contributed by atoms with van der Waals surface area (Å²) >= 11 is 5.89. The molecule has 82 valence electrons. The van der Waals surface area contributed by atoms with Crippen molar-refractivity contribution >= 4 is 11.6 Å². The molecule has 2 rings (SSSR count). The van der Waals surface area contributed by atoms with E-state index in [9.17, 15) is 8.78 Å². The van der Waals surface area contributed by atoms with Crippen LogP contribution in [0, 0.1) is 17.0 Å². The van der Waals surface area contributed by atoms with Crippen LogP contribution in [0.1, 0.15) is 24.8 Å². The minimum absolute atomic E-state index is 0.0101. The first kappa shape index (κ1) is 10.9. The summed E-state index contributed by atoms with van der Waals surface area (Å²) < 4.78 is 26.4. The van der Waals surface area contributed by atoms with Crippen molar-refractivity contribution in [1.82, 2.24) is 0 Å². The van der Waals surface area contributed by atoms with Crippen LogP contribution in [0.5, 0.6) is 0 Å². The van der Waals surface area contributed by atoms with Crippen LogP contribution in [0.4, 0.5) is 8.78 Å². The topological polar surface area (TPSA) is 0 Å². The van der Waals surface area contributed by atoms with Crippen molar-refractivity contribution in [1.29, 1.82) is 0 Å². The molecule has 0 heterocycles. The highest BCUT2D eigenvalue weighted by Crippen LogP contribution is 2.44. The molecule has 0 saturated heterocycles. The van der Waals surface area contributed by atoms with Crippen LogP contribution in [-0.4, -0.2) is 5.88 Å². The Labute approximate surface area is 93.2 Å². The molecule has 3 heteroatoms. The zero-order chi connectivity index (χ0) is 10.9. The number of alkyl halides is 1. The minimum atomic E-state index is -0.767. The van der Waals surface area contributed by atoms with E-state index in [0.29, 0.717) is 17.9 Å². The molecule has 0 bridgehead atoms. The van der Waals surface area contributed by atoms with Crippen LogP contribution < -0.4 is 0 Å². The van der Waals surface area contributed by atoms with E-state index in [1.54, 1.807) is 12.1 Å². The van der Waals surface area contributed by atoms with Gasteiger partial charge in [0, 0.05) is 5.88 Å². The molecule has 1 aliphatic carbocycles.